The van der Waals surface area contributed by atoms with E-state index in [2.05, 4.69) is 32.8 Å². The lowest BCUT2D eigenvalue weighted by atomic mass is 10.1. The van der Waals surface area contributed by atoms with E-state index in [1.165, 1.54) is 0 Å². The third-order valence-corrected chi connectivity index (χ3v) is 3.51. The third kappa shape index (κ3) is 3.37. The molecule has 1 atom stereocenters. The number of aromatic nitrogens is 2. The molecule has 0 bridgehead atoms. The molecule has 0 aromatic carbocycles. The number of hydrogen-bond donors (Lipinski definition) is 3. The summed E-state index contributed by atoms with van der Waals surface area (Å²) in [4.78, 5) is 20.3. The number of nitrogens with zero attached hydrogens (tertiary/aromatic N) is 2. The van der Waals surface area contributed by atoms with Crippen LogP contribution < -0.4 is 16.0 Å². The lowest BCUT2D eigenvalue weighted by Gasteiger charge is -2.25. The summed E-state index contributed by atoms with van der Waals surface area (Å²) < 4.78 is 0. The molecule has 6 heteroatoms. The van der Waals surface area contributed by atoms with Crippen LogP contribution in [0.5, 0.6) is 0 Å². The molecule has 1 aromatic rings. The number of amides is 1. The summed E-state index contributed by atoms with van der Waals surface area (Å²) in [7, 11) is 1.87. The number of carbonyl (C=O) groups is 1. The van der Waals surface area contributed by atoms with Gasteiger partial charge in [0.25, 0.3) is 0 Å². The zero-order chi connectivity index (χ0) is 14.5. The maximum absolute atomic E-state index is 11.2. The topological polar surface area (TPSA) is 78.9 Å². The fraction of sp³-hybridized carbons (Fsp3) is 0.643. The normalized spacial score (nSPS) is 18.6. The monoisotopic (exact) mass is 277 g/mol. The van der Waals surface area contributed by atoms with Crippen molar-refractivity contribution in [3.8, 4) is 0 Å². The predicted octanol–water partition coefficient (Wildman–Crippen LogP) is 1.47. The molecule has 1 amide bonds. The lowest BCUT2D eigenvalue weighted by molar-refractivity contribution is -0.122. The Labute approximate surface area is 119 Å². The second-order valence-electron chi connectivity index (χ2n) is 5.15. The molecule has 2 rings (SSSR count). The maximum atomic E-state index is 11.2. The number of anilines is 2. The minimum atomic E-state index is 0.130. The molecule has 2 heterocycles. The van der Waals surface area contributed by atoms with E-state index < -0.39 is 0 Å². The van der Waals surface area contributed by atoms with Gasteiger partial charge in [0.05, 0.1) is 0 Å². The van der Waals surface area contributed by atoms with Crippen LogP contribution in [-0.4, -0.2) is 35.5 Å². The zero-order valence-electron chi connectivity index (χ0n) is 12.4. The van der Waals surface area contributed by atoms with Crippen molar-refractivity contribution in [2.45, 2.75) is 45.6 Å². The molecule has 0 spiro atoms. The van der Waals surface area contributed by atoms with Gasteiger partial charge in [-0.2, -0.15) is 0 Å². The van der Waals surface area contributed by atoms with Gasteiger partial charge in [0.1, 0.15) is 17.5 Å². The van der Waals surface area contributed by atoms with Crippen LogP contribution in [-0.2, 0) is 11.2 Å². The van der Waals surface area contributed by atoms with E-state index >= 15 is 0 Å². The molecule has 0 radical (unpaired) electrons. The third-order valence-electron chi connectivity index (χ3n) is 3.51. The summed E-state index contributed by atoms with van der Waals surface area (Å²) in [6, 6.07) is 0.237. The molecule has 1 unspecified atom stereocenters. The molecule has 110 valence electrons. The predicted molar refractivity (Wildman–Crippen MR) is 80.0 cm³/mol. The van der Waals surface area contributed by atoms with E-state index in [-0.39, 0.29) is 11.9 Å². The molecule has 20 heavy (non-hydrogen) atoms. The average molecular weight is 277 g/mol. The van der Waals surface area contributed by atoms with E-state index in [0.29, 0.717) is 13.0 Å². The van der Waals surface area contributed by atoms with Crippen molar-refractivity contribution < 1.29 is 4.79 Å². The smallest absolute Gasteiger partial charge is 0.220 e. The number of rotatable bonds is 5. The molecule has 1 fully saturated rings. The Morgan fingerprint density at radius 2 is 2.10 bits per heavy atom. The van der Waals surface area contributed by atoms with E-state index in [1.54, 1.807) is 0 Å². The zero-order valence-corrected chi connectivity index (χ0v) is 12.4. The van der Waals surface area contributed by atoms with Crippen molar-refractivity contribution in [3.63, 3.8) is 0 Å². The highest BCUT2D eigenvalue weighted by Crippen LogP contribution is 2.22. The Kier molecular flexibility index (Phi) is 4.76. The Morgan fingerprint density at radius 3 is 2.70 bits per heavy atom. The van der Waals surface area contributed by atoms with E-state index in [0.717, 1.165) is 42.3 Å². The Hall–Kier alpha value is -1.85. The summed E-state index contributed by atoms with van der Waals surface area (Å²) in [5.74, 6) is 2.72. The van der Waals surface area contributed by atoms with Crippen molar-refractivity contribution in [3.05, 3.63) is 11.4 Å². The highest BCUT2D eigenvalue weighted by molar-refractivity contribution is 5.77. The summed E-state index contributed by atoms with van der Waals surface area (Å²) in [6.07, 6.45) is 3.30. The SMILES string of the molecule is CCCc1nc(NC)c(C)c(NC2CCC(=O)NC2)n1. The first-order valence-corrected chi connectivity index (χ1v) is 7.22. The molecule has 0 saturated carbocycles. The fourth-order valence-corrected chi connectivity index (χ4v) is 2.33. The van der Waals surface area contributed by atoms with Gasteiger partial charge in [0.2, 0.25) is 5.91 Å². The van der Waals surface area contributed by atoms with Crippen molar-refractivity contribution in [1.82, 2.24) is 15.3 Å². The quantitative estimate of drug-likeness (QED) is 0.759. The fourth-order valence-electron chi connectivity index (χ4n) is 2.33. The van der Waals surface area contributed by atoms with Crippen molar-refractivity contribution >= 4 is 17.5 Å². The molecule has 1 aliphatic heterocycles. The highest BCUT2D eigenvalue weighted by Gasteiger charge is 2.19. The van der Waals surface area contributed by atoms with Gasteiger partial charge < -0.3 is 16.0 Å². The van der Waals surface area contributed by atoms with Crippen molar-refractivity contribution in [1.29, 1.82) is 0 Å². The molecular formula is C14H23N5O. The van der Waals surface area contributed by atoms with Gasteiger partial charge in [0.15, 0.2) is 0 Å². The minimum absolute atomic E-state index is 0.130. The van der Waals surface area contributed by atoms with Crippen LogP contribution in [0, 0.1) is 6.92 Å². The van der Waals surface area contributed by atoms with Gasteiger partial charge in [0, 0.05) is 38.0 Å². The molecule has 3 N–H and O–H groups in total. The van der Waals surface area contributed by atoms with Crippen LogP contribution in [0.1, 0.15) is 37.6 Å². The van der Waals surface area contributed by atoms with E-state index in [1.807, 2.05) is 14.0 Å². The highest BCUT2D eigenvalue weighted by atomic mass is 16.1. The summed E-state index contributed by atoms with van der Waals surface area (Å²) in [5, 5.41) is 9.44. The van der Waals surface area contributed by atoms with E-state index in [9.17, 15) is 4.79 Å². The van der Waals surface area contributed by atoms with Gasteiger partial charge in [-0.1, -0.05) is 6.92 Å². The second kappa shape index (κ2) is 6.54. The summed E-state index contributed by atoms with van der Waals surface area (Å²) in [6.45, 7) is 4.78. The number of aryl methyl sites for hydroxylation is 1. The molecule has 1 aromatic heterocycles. The first kappa shape index (κ1) is 14.6. The van der Waals surface area contributed by atoms with Gasteiger partial charge in [-0.15, -0.1) is 0 Å². The second-order valence-corrected chi connectivity index (χ2v) is 5.15. The number of carbonyl (C=O) groups excluding carboxylic acids is 1. The first-order valence-electron chi connectivity index (χ1n) is 7.22. The number of nitrogens with one attached hydrogen (secondary N) is 3. The van der Waals surface area contributed by atoms with Gasteiger partial charge in [-0.3, -0.25) is 4.79 Å². The van der Waals surface area contributed by atoms with Crippen molar-refractivity contribution in [2.75, 3.05) is 24.2 Å². The first-order chi connectivity index (χ1) is 9.63. The lowest BCUT2D eigenvalue weighted by Crippen LogP contribution is -2.42. The Bertz CT molecular complexity index is 479. The molecular weight excluding hydrogens is 254 g/mol. The van der Waals surface area contributed by atoms with Crippen LogP contribution in [0.3, 0.4) is 0 Å². The van der Waals surface area contributed by atoms with Gasteiger partial charge in [-0.05, 0) is 19.8 Å². The van der Waals surface area contributed by atoms with Gasteiger partial charge >= 0.3 is 0 Å². The molecule has 1 saturated heterocycles. The largest absolute Gasteiger partial charge is 0.373 e. The molecule has 6 nitrogen and oxygen atoms in total. The standard InChI is InChI=1S/C14H23N5O/c1-4-5-11-18-13(15-3)9(2)14(19-11)17-10-6-7-12(20)16-8-10/h10H,4-8H2,1-3H3,(H,16,20)(H2,15,17,18,19). The average Bonchev–Trinajstić information content (AvgIpc) is 2.45. The Morgan fingerprint density at radius 1 is 1.35 bits per heavy atom. The van der Waals surface area contributed by atoms with Crippen LogP contribution >= 0.6 is 0 Å². The maximum Gasteiger partial charge on any atom is 0.220 e. The molecule has 1 aliphatic rings. The Balaban J connectivity index is 2.16. The van der Waals surface area contributed by atoms with Gasteiger partial charge in [-0.25, -0.2) is 9.97 Å². The summed E-state index contributed by atoms with van der Waals surface area (Å²) in [5.41, 5.74) is 1.02. The molecule has 0 aliphatic carbocycles. The number of hydrogen-bond acceptors (Lipinski definition) is 5. The van der Waals surface area contributed by atoms with Crippen LogP contribution in [0.25, 0.3) is 0 Å². The van der Waals surface area contributed by atoms with Crippen molar-refractivity contribution in [2.24, 2.45) is 0 Å². The van der Waals surface area contributed by atoms with Crippen LogP contribution in [0.15, 0.2) is 0 Å². The van der Waals surface area contributed by atoms with Crippen LogP contribution in [0.4, 0.5) is 11.6 Å². The van der Waals surface area contributed by atoms with Crippen LogP contribution in [0.2, 0.25) is 0 Å². The van der Waals surface area contributed by atoms with E-state index in [4.69, 9.17) is 0 Å². The summed E-state index contributed by atoms with van der Waals surface area (Å²) >= 11 is 0. The minimum Gasteiger partial charge on any atom is -0.373 e. The number of piperidine rings is 1.